The number of aromatic nitrogens is 3. The number of fused-ring (bicyclic) bond motifs is 1. The average molecular weight is 451 g/mol. The molecule has 1 amide bonds. The minimum atomic E-state index is -0.466. The molecule has 0 aromatic carbocycles. The van der Waals surface area contributed by atoms with Crippen LogP contribution in [0.1, 0.15) is 64.3 Å². The minimum Gasteiger partial charge on any atom is -0.492 e. The van der Waals surface area contributed by atoms with Gasteiger partial charge in [-0.2, -0.15) is 0 Å². The van der Waals surface area contributed by atoms with E-state index in [1.807, 2.05) is 39.0 Å². The Hall–Kier alpha value is -3.09. The molecule has 7 heteroatoms. The number of ether oxygens (including phenoxy) is 2. The van der Waals surface area contributed by atoms with Gasteiger partial charge in [0, 0.05) is 29.7 Å². The highest BCUT2D eigenvalue weighted by atomic mass is 16.6. The maximum absolute atomic E-state index is 12.0. The number of anilines is 1. The molecule has 3 aromatic heterocycles. The van der Waals surface area contributed by atoms with Crippen molar-refractivity contribution in [3.05, 3.63) is 48.0 Å². The monoisotopic (exact) mass is 450 g/mol. The van der Waals surface area contributed by atoms with Gasteiger partial charge in [0.05, 0.1) is 30.8 Å². The first-order chi connectivity index (χ1) is 16.0. The molecule has 1 saturated carbocycles. The van der Waals surface area contributed by atoms with E-state index in [1.54, 1.807) is 12.4 Å². The molecule has 0 atom stereocenters. The van der Waals surface area contributed by atoms with Crippen LogP contribution in [0.2, 0.25) is 0 Å². The van der Waals surface area contributed by atoms with Crippen LogP contribution < -0.4 is 10.1 Å². The third-order valence-electron chi connectivity index (χ3n) is 6.05. The Morgan fingerprint density at radius 2 is 1.97 bits per heavy atom. The summed E-state index contributed by atoms with van der Waals surface area (Å²) in [7, 11) is 0. The van der Waals surface area contributed by atoms with Crippen LogP contribution >= 0.6 is 0 Å². The number of pyridine rings is 2. The first-order valence-electron chi connectivity index (χ1n) is 12.1. The zero-order valence-corrected chi connectivity index (χ0v) is 19.8. The van der Waals surface area contributed by atoms with Crippen LogP contribution in [0.3, 0.4) is 0 Å². The van der Waals surface area contributed by atoms with Gasteiger partial charge in [-0.15, -0.1) is 0 Å². The van der Waals surface area contributed by atoms with Gasteiger partial charge < -0.3 is 14.0 Å². The number of hydrogen-bond acceptors (Lipinski definition) is 5. The summed E-state index contributed by atoms with van der Waals surface area (Å²) in [5, 5.41) is 3.79. The quantitative estimate of drug-likeness (QED) is 0.458. The molecule has 0 spiro atoms. The highest BCUT2D eigenvalue weighted by Gasteiger charge is 2.19. The molecule has 1 fully saturated rings. The van der Waals surface area contributed by atoms with Gasteiger partial charge in [0.2, 0.25) is 0 Å². The van der Waals surface area contributed by atoms with E-state index in [9.17, 15) is 4.79 Å². The van der Waals surface area contributed by atoms with E-state index in [-0.39, 0.29) is 6.10 Å². The topological polar surface area (TPSA) is 78.3 Å². The first kappa shape index (κ1) is 23.1. The molecule has 0 saturated heterocycles. The summed E-state index contributed by atoms with van der Waals surface area (Å²) in [6.45, 7) is 7.21. The molecular weight excluding hydrogens is 416 g/mol. The highest BCUT2D eigenvalue weighted by Crippen LogP contribution is 2.29. The average Bonchev–Trinajstić information content (AvgIpc) is 3.11. The third kappa shape index (κ3) is 6.03. The SMILES string of the molecule is CCOc1ccc(Cc2cc3cc(NC(=O)OC(C)C)cnc3n2CC2CCCCC2)nc1. The first-order valence-corrected chi connectivity index (χ1v) is 12.1. The van der Waals surface area contributed by atoms with Crippen molar-refractivity contribution in [1.29, 1.82) is 0 Å². The normalized spacial score (nSPS) is 14.5. The lowest BCUT2D eigenvalue weighted by Crippen LogP contribution is -2.18. The third-order valence-corrected chi connectivity index (χ3v) is 6.05. The van der Waals surface area contributed by atoms with E-state index < -0.39 is 6.09 Å². The Labute approximate surface area is 195 Å². The van der Waals surface area contributed by atoms with Crippen LogP contribution in [0.25, 0.3) is 11.0 Å². The number of rotatable bonds is 8. The Bertz CT molecular complexity index is 1070. The largest absolute Gasteiger partial charge is 0.492 e. The Morgan fingerprint density at radius 3 is 2.67 bits per heavy atom. The van der Waals surface area contributed by atoms with Crippen LogP contribution in [0.15, 0.2) is 36.7 Å². The van der Waals surface area contributed by atoms with Gasteiger partial charge in [-0.05, 0) is 63.8 Å². The van der Waals surface area contributed by atoms with Crippen LogP contribution in [0.5, 0.6) is 5.75 Å². The zero-order valence-electron chi connectivity index (χ0n) is 19.8. The van der Waals surface area contributed by atoms with E-state index in [0.717, 1.165) is 29.0 Å². The maximum Gasteiger partial charge on any atom is 0.411 e. The molecule has 0 bridgehead atoms. The number of carbonyl (C=O) groups is 1. The Morgan fingerprint density at radius 1 is 1.15 bits per heavy atom. The summed E-state index contributed by atoms with van der Waals surface area (Å²) in [6.07, 6.45) is 10.0. The summed E-state index contributed by atoms with van der Waals surface area (Å²) >= 11 is 0. The van der Waals surface area contributed by atoms with E-state index in [1.165, 1.54) is 37.8 Å². The second-order valence-electron chi connectivity index (χ2n) is 9.06. The van der Waals surface area contributed by atoms with Crippen molar-refractivity contribution < 1.29 is 14.3 Å². The fraction of sp³-hybridized carbons (Fsp3) is 0.500. The van der Waals surface area contributed by atoms with Gasteiger partial charge >= 0.3 is 6.09 Å². The van der Waals surface area contributed by atoms with Crippen molar-refractivity contribution in [3.63, 3.8) is 0 Å². The predicted molar refractivity (Wildman–Crippen MR) is 130 cm³/mol. The van der Waals surface area contributed by atoms with Crippen LogP contribution in [0.4, 0.5) is 10.5 Å². The van der Waals surface area contributed by atoms with Gasteiger partial charge in [0.25, 0.3) is 0 Å². The molecule has 1 N–H and O–H groups in total. The highest BCUT2D eigenvalue weighted by molar-refractivity contribution is 5.88. The number of carbonyl (C=O) groups excluding carboxylic acids is 1. The summed E-state index contributed by atoms with van der Waals surface area (Å²) in [5.74, 6) is 1.46. The van der Waals surface area contributed by atoms with E-state index in [4.69, 9.17) is 14.5 Å². The molecule has 0 aliphatic heterocycles. The van der Waals surface area contributed by atoms with Gasteiger partial charge in [-0.1, -0.05) is 19.3 Å². The summed E-state index contributed by atoms with van der Waals surface area (Å²) < 4.78 is 13.1. The molecular formula is C26H34N4O3. The van der Waals surface area contributed by atoms with Crippen molar-refractivity contribution in [2.24, 2.45) is 5.92 Å². The smallest absolute Gasteiger partial charge is 0.411 e. The molecule has 1 aliphatic carbocycles. The predicted octanol–water partition coefficient (Wildman–Crippen LogP) is 5.96. The summed E-state index contributed by atoms with van der Waals surface area (Å²) in [6, 6.07) is 8.13. The molecule has 0 radical (unpaired) electrons. The molecule has 7 nitrogen and oxygen atoms in total. The van der Waals surface area contributed by atoms with E-state index in [2.05, 4.69) is 20.9 Å². The number of hydrogen-bond donors (Lipinski definition) is 1. The van der Waals surface area contributed by atoms with Gasteiger partial charge in [-0.3, -0.25) is 10.3 Å². The van der Waals surface area contributed by atoms with E-state index >= 15 is 0 Å². The molecule has 3 aromatic rings. The number of nitrogens with zero attached hydrogens (tertiary/aromatic N) is 3. The van der Waals surface area contributed by atoms with Crippen LogP contribution in [0, 0.1) is 5.92 Å². The zero-order chi connectivity index (χ0) is 23.2. The Kier molecular flexibility index (Phi) is 7.47. The molecule has 0 unspecified atom stereocenters. The lowest BCUT2D eigenvalue weighted by atomic mass is 9.89. The second kappa shape index (κ2) is 10.7. The lowest BCUT2D eigenvalue weighted by molar-refractivity contribution is 0.130. The minimum absolute atomic E-state index is 0.175. The van der Waals surface area contributed by atoms with Crippen molar-refractivity contribution in [3.8, 4) is 5.75 Å². The number of nitrogens with one attached hydrogen (secondary N) is 1. The van der Waals surface area contributed by atoms with Crippen LogP contribution in [-0.2, 0) is 17.7 Å². The molecule has 4 rings (SSSR count). The molecule has 1 aliphatic rings. The van der Waals surface area contributed by atoms with Crippen LogP contribution in [-0.4, -0.2) is 33.3 Å². The summed E-state index contributed by atoms with van der Waals surface area (Å²) in [5.41, 5.74) is 3.75. The van der Waals surface area contributed by atoms with Gasteiger partial charge in [0.1, 0.15) is 11.4 Å². The summed E-state index contributed by atoms with van der Waals surface area (Å²) in [4.78, 5) is 21.4. The lowest BCUT2D eigenvalue weighted by Gasteiger charge is -2.23. The van der Waals surface area contributed by atoms with Gasteiger partial charge in [-0.25, -0.2) is 9.78 Å². The molecule has 176 valence electrons. The fourth-order valence-corrected chi connectivity index (χ4v) is 4.56. The fourth-order valence-electron chi connectivity index (χ4n) is 4.56. The van der Waals surface area contributed by atoms with Crippen molar-refractivity contribution in [2.45, 2.75) is 71.9 Å². The maximum atomic E-state index is 12.0. The van der Waals surface area contributed by atoms with Crippen molar-refractivity contribution >= 4 is 22.8 Å². The van der Waals surface area contributed by atoms with Crippen molar-refractivity contribution in [2.75, 3.05) is 11.9 Å². The Balaban J connectivity index is 1.62. The second-order valence-corrected chi connectivity index (χ2v) is 9.06. The molecule has 33 heavy (non-hydrogen) atoms. The number of amides is 1. The van der Waals surface area contributed by atoms with E-state index in [0.29, 0.717) is 24.6 Å². The molecule has 3 heterocycles. The van der Waals surface area contributed by atoms with Crippen molar-refractivity contribution in [1.82, 2.24) is 14.5 Å². The standard InChI is InChI=1S/C26H34N4O3/c1-4-32-24-11-10-21(27-16-24)14-23-13-20-12-22(29-26(31)33-18(2)3)15-28-25(20)30(23)17-19-8-6-5-7-9-19/h10-13,15-16,18-19H,4-9,14,17H2,1-3H3,(H,29,31). The van der Waals surface area contributed by atoms with Gasteiger partial charge in [0.15, 0.2) is 0 Å².